The van der Waals surface area contributed by atoms with Gasteiger partial charge in [0.15, 0.2) is 11.6 Å². The van der Waals surface area contributed by atoms with Crippen molar-refractivity contribution in [3.8, 4) is 11.5 Å². The quantitative estimate of drug-likeness (QED) is 0.677. The smallest absolute Gasteiger partial charge is 0.330 e. The summed E-state index contributed by atoms with van der Waals surface area (Å²) in [4.78, 5) is 11.0. The molecule has 23 heavy (non-hydrogen) atoms. The molecule has 2 aromatic rings. The second-order valence-electron chi connectivity index (χ2n) is 4.61. The highest BCUT2D eigenvalue weighted by atomic mass is 19.1. The van der Waals surface area contributed by atoms with Gasteiger partial charge in [0, 0.05) is 17.7 Å². The molecule has 0 aliphatic rings. The Balaban J connectivity index is 2.07. The molecule has 120 valence electrons. The topological polar surface area (TPSA) is 55.8 Å². The number of carbonyl (C=O) groups is 1. The van der Waals surface area contributed by atoms with Crippen molar-refractivity contribution in [1.82, 2.24) is 0 Å². The minimum atomic E-state index is -0.673. The average Bonchev–Trinajstić information content (AvgIpc) is 2.54. The van der Waals surface area contributed by atoms with Crippen LogP contribution in [0.4, 0.5) is 8.78 Å². The highest BCUT2D eigenvalue weighted by Crippen LogP contribution is 2.23. The second-order valence-corrected chi connectivity index (χ2v) is 4.61. The number of rotatable bonds is 5. The summed E-state index contributed by atoms with van der Waals surface area (Å²) in [6.45, 7) is -0.0467. The van der Waals surface area contributed by atoms with Crippen LogP contribution in [0, 0.1) is 11.6 Å². The summed E-state index contributed by atoms with van der Waals surface area (Å²) in [6.07, 6.45) is 2.57. The zero-order valence-electron chi connectivity index (χ0n) is 12.3. The number of phenols is 1. The minimum absolute atomic E-state index is 0.0467. The molecular weight excluding hydrogens is 306 g/mol. The Labute approximate surface area is 131 Å². The molecule has 2 rings (SSSR count). The van der Waals surface area contributed by atoms with E-state index in [1.165, 1.54) is 25.3 Å². The van der Waals surface area contributed by atoms with Crippen molar-refractivity contribution < 1.29 is 28.2 Å². The predicted molar refractivity (Wildman–Crippen MR) is 79.8 cm³/mol. The van der Waals surface area contributed by atoms with Crippen molar-refractivity contribution in [2.24, 2.45) is 0 Å². The zero-order valence-corrected chi connectivity index (χ0v) is 12.3. The third kappa shape index (κ3) is 4.54. The highest BCUT2D eigenvalue weighted by Gasteiger charge is 2.07. The van der Waals surface area contributed by atoms with E-state index in [1.807, 2.05) is 0 Å². The molecule has 0 atom stereocenters. The van der Waals surface area contributed by atoms with E-state index < -0.39 is 17.6 Å². The van der Waals surface area contributed by atoms with Gasteiger partial charge in [-0.1, -0.05) is 12.1 Å². The maximum absolute atomic E-state index is 13.4. The van der Waals surface area contributed by atoms with E-state index in [0.717, 1.165) is 18.2 Å². The maximum Gasteiger partial charge on any atom is 0.330 e. The first kappa shape index (κ1) is 16.5. The van der Waals surface area contributed by atoms with Crippen LogP contribution >= 0.6 is 0 Å². The Bertz CT molecular complexity index is 741. The van der Waals surface area contributed by atoms with Crippen molar-refractivity contribution >= 4 is 12.0 Å². The number of aromatic hydroxyl groups is 1. The number of benzene rings is 2. The Morgan fingerprint density at radius 1 is 1.22 bits per heavy atom. The van der Waals surface area contributed by atoms with E-state index in [9.17, 15) is 18.7 Å². The molecule has 0 heterocycles. The zero-order chi connectivity index (χ0) is 16.8. The van der Waals surface area contributed by atoms with Crippen molar-refractivity contribution in [2.45, 2.75) is 6.61 Å². The monoisotopic (exact) mass is 320 g/mol. The molecule has 0 amide bonds. The lowest BCUT2D eigenvalue weighted by Gasteiger charge is -2.08. The third-order valence-electron chi connectivity index (χ3n) is 2.98. The van der Waals surface area contributed by atoms with E-state index in [0.29, 0.717) is 11.1 Å². The number of hydrogen-bond donors (Lipinski definition) is 1. The van der Waals surface area contributed by atoms with Crippen LogP contribution in [0.25, 0.3) is 6.08 Å². The van der Waals surface area contributed by atoms with Crippen LogP contribution in [0.2, 0.25) is 0 Å². The van der Waals surface area contributed by atoms with Gasteiger partial charge in [-0.3, -0.25) is 0 Å². The Morgan fingerprint density at radius 3 is 2.70 bits per heavy atom. The molecule has 2 aromatic carbocycles. The second kappa shape index (κ2) is 7.40. The van der Waals surface area contributed by atoms with E-state index >= 15 is 0 Å². The molecule has 0 unspecified atom stereocenters. The first-order valence-corrected chi connectivity index (χ1v) is 6.65. The minimum Gasteiger partial charge on any atom is -0.507 e. The number of esters is 1. The van der Waals surface area contributed by atoms with E-state index in [2.05, 4.69) is 4.74 Å². The van der Waals surface area contributed by atoms with Crippen LogP contribution in [0.15, 0.2) is 42.5 Å². The van der Waals surface area contributed by atoms with Gasteiger partial charge in [-0.2, -0.15) is 0 Å². The standard InChI is InChI=1S/C17H14F2O4/c1-22-17(21)7-4-12-3-2-11(8-15(12)20)10-23-16-9-13(18)5-6-14(16)19/h2-9,20H,10H2,1H3/b7-4+. The SMILES string of the molecule is COC(=O)/C=C/c1ccc(COc2cc(F)ccc2F)cc1O. The van der Waals surface area contributed by atoms with Gasteiger partial charge in [-0.25, -0.2) is 13.6 Å². The van der Waals surface area contributed by atoms with Gasteiger partial charge < -0.3 is 14.6 Å². The van der Waals surface area contributed by atoms with Crippen LogP contribution < -0.4 is 4.74 Å². The number of phenolic OH excluding ortho intramolecular Hbond substituents is 1. The van der Waals surface area contributed by atoms with Gasteiger partial charge >= 0.3 is 5.97 Å². The number of hydrogen-bond acceptors (Lipinski definition) is 4. The lowest BCUT2D eigenvalue weighted by atomic mass is 10.1. The normalized spacial score (nSPS) is 10.7. The number of methoxy groups -OCH3 is 1. The summed E-state index contributed by atoms with van der Waals surface area (Å²) in [6, 6.07) is 7.53. The first-order valence-electron chi connectivity index (χ1n) is 6.65. The van der Waals surface area contributed by atoms with Gasteiger partial charge in [0.25, 0.3) is 0 Å². The van der Waals surface area contributed by atoms with Crippen LogP contribution in [0.5, 0.6) is 11.5 Å². The van der Waals surface area contributed by atoms with Crippen molar-refractivity contribution in [2.75, 3.05) is 7.11 Å². The summed E-state index contributed by atoms with van der Waals surface area (Å²) < 4.78 is 36.1. The highest BCUT2D eigenvalue weighted by molar-refractivity contribution is 5.87. The van der Waals surface area contributed by atoms with Gasteiger partial charge in [0.1, 0.15) is 18.2 Å². The van der Waals surface area contributed by atoms with Gasteiger partial charge in [0.2, 0.25) is 0 Å². The first-order chi connectivity index (χ1) is 11.0. The fraction of sp³-hybridized carbons (Fsp3) is 0.118. The molecule has 0 aliphatic heterocycles. The van der Waals surface area contributed by atoms with Crippen molar-refractivity contribution in [3.05, 3.63) is 65.2 Å². The molecule has 6 heteroatoms. The Kier molecular flexibility index (Phi) is 5.30. The molecule has 0 radical (unpaired) electrons. The molecule has 0 spiro atoms. The number of carbonyl (C=O) groups excluding carboxylic acids is 1. The molecule has 0 aliphatic carbocycles. The molecule has 1 N–H and O–H groups in total. The summed E-state index contributed by atoms with van der Waals surface area (Å²) in [5.41, 5.74) is 0.970. The molecule has 0 bridgehead atoms. The van der Waals surface area contributed by atoms with Gasteiger partial charge in [-0.05, 0) is 29.8 Å². The molecule has 0 fully saturated rings. The van der Waals surface area contributed by atoms with Gasteiger partial charge in [0.05, 0.1) is 7.11 Å². The van der Waals surface area contributed by atoms with Crippen molar-refractivity contribution in [3.63, 3.8) is 0 Å². The van der Waals surface area contributed by atoms with Gasteiger partial charge in [-0.15, -0.1) is 0 Å². The fourth-order valence-corrected chi connectivity index (χ4v) is 1.79. The largest absolute Gasteiger partial charge is 0.507 e. The van der Waals surface area contributed by atoms with Crippen LogP contribution in [0.1, 0.15) is 11.1 Å². The third-order valence-corrected chi connectivity index (χ3v) is 2.98. The van der Waals surface area contributed by atoms with Crippen molar-refractivity contribution in [1.29, 1.82) is 0 Å². The number of halogens is 2. The summed E-state index contributed by atoms with van der Waals surface area (Å²) in [5.74, 6) is -2.11. The molecule has 0 aromatic heterocycles. The average molecular weight is 320 g/mol. The summed E-state index contributed by atoms with van der Waals surface area (Å²) in [7, 11) is 1.25. The Morgan fingerprint density at radius 2 is 2.00 bits per heavy atom. The van der Waals surface area contributed by atoms with Crippen LogP contribution in [-0.4, -0.2) is 18.2 Å². The molecule has 0 saturated heterocycles. The fourth-order valence-electron chi connectivity index (χ4n) is 1.79. The summed E-state index contributed by atoms with van der Waals surface area (Å²) in [5, 5.41) is 9.88. The number of ether oxygens (including phenoxy) is 2. The molecule has 4 nitrogen and oxygen atoms in total. The molecular formula is C17H14F2O4. The molecule has 0 saturated carbocycles. The van der Waals surface area contributed by atoms with E-state index in [-0.39, 0.29) is 18.1 Å². The predicted octanol–water partition coefficient (Wildman–Crippen LogP) is 3.44. The lowest BCUT2D eigenvalue weighted by molar-refractivity contribution is -0.134. The van der Waals surface area contributed by atoms with E-state index in [4.69, 9.17) is 4.74 Å². The van der Waals surface area contributed by atoms with Crippen LogP contribution in [0.3, 0.4) is 0 Å². The summed E-state index contributed by atoms with van der Waals surface area (Å²) >= 11 is 0. The Hall–Kier alpha value is -2.89. The van der Waals surface area contributed by atoms with Crippen LogP contribution in [-0.2, 0) is 16.1 Å². The maximum atomic E-state index is 13.4. The lowest BCUT2D eigenvalue weighted by Crippen LogP contribution is -1.98. The van der Waals surface area contributed by atoms with E-state index in [1.54, 1.807) is 12.1 Å².